The Morgan fingerprint density at radius 3 is 2.60 bits per heavy atom. The Morgan fingerprint density at radius 2 is 1.89 bits per heavy atom. The zero-order chi connectivity index (χ0) is 24.7. The van der Waals surface area contributed by atoms with Gasteiger partial charge in [-0.2, -0.15) is 5.10 Å². The van der Waals surface area contributed by atoms with Gasteiger partial charge in [-0.3, -0.25) is 0 Å². The molecule has 180 valence electrons. The van der Waals surface area contributed by atoms with Gasteiger partial charge in [0.2, 0.25) is 0 Å². The molecule has 1 aliphatic rings. The van der Waals surface area contributed by atoms with Crippen LogP contribution in [0.4, 0.5) is 0 Å². The molecule has 7 heteroatoms. The molecular weight excluding hydrogens is 442 g/mol. The lowest BCUT2D eigenvalue weighted by atomic mass is 9.96. The van der Waals surface area contributed by atoms with Crippen molar-refractivity contribution in [3.63, 3.8) is 0 Å². The number of aromatic nitrogens is 3. The van der Waals surface area contributed by atoms with Crippen LogP contribution in [0.15, 0.2) is 54.6 Å². The summed E-state index contributed by atoms with van der Waals surface area (Å²) >= 11 is 0. The molecule has 0 spiro atoms. The molecule has 0 fully saturated rings. The molecule has 1 atom stereocenters. The second-order valence-corrected chi connectivity index (χ2v) is 9.85. The molecule has 0 amide bonds. The van der Waals surface area contributed by atoms with E-state index in [0.717, 1.165) is 41.0 Å². The third-order valence-corrected chi connectivity index (χ3v) is 6.04. The maximum atomic E-state index is 12.5. The average molecular weight is 472 g/mol. The first-order chi connectivity index (χ1) is 16.7. The van der Waals surface area contributed by atoms with E-state index in [4.69, 9.17) is 19.6 Å². The van der Waals surface area contributed by atoms with Crippen molar-refractivity contribution in [2.75, 3.05) is 6.61 Å². The lowest BCUT2D eigenvalue weighted by molar-refractivity contribution is -0.160. The number of carbonyl (C=O) groups is 1. The molecule has 0 saturated heterocycles. The van der Waals surface area contributed by atoms with E-state index >= 15 is 0 Å². The molecule has 1 aliphatic heterocycles. The van der Waals surface area contributed by atoms with Gasteiger partial charge in [0.1, 0.15) is 5.75 Å². The average Bonchev–Trinajstić information content (AvgIpc) is 3.25. The van der Waals surface area contributed by atoms with Crippen molar-refractivity contribution in [3.8, 4) is 28.3 Å². The maximum absolute atomic E-state index is 12.5. The van der Waals surface area contributed by atoms with Gasteiger partial charge in [0.15, 0.2) is 11.8 Å². The van der Waals surface area contributed by atoms with Gasteiger partial charge in [0.25, 0.3) is 0 Å². The summed E-state index contributed by atoms with van der Waals surface area (Å²) < 4.78 is 13.6. The summed E-state index contributed by atoms with van der Waals surface area (Å²) in [7, 11) is 0. The van der Waals surface area contributed by atoms with Gasteiger partial charge >= 0.3 is 5.97 Å². The number of nitrogens with zero attached hydrogens (tertiary/aromatic N) is 3. The molecule has 0 bridgehead atoms. The van der Waals surface area contributed by atoms with Gasteiger partial charge in [-0.05, 0) is 64.3 Å². The van der Waals surface area contributed by atoms with Crippen molar-refractivity contribution in [1.82, 2.24) is 14.6 Å². The summed E-state index contributed by atoms with van der Waals surface area (Å²) in [4.78, 5) is 17.3. The fourth-order valence-corrected chi connectivity index (χ4v) is 4.57. The Morgan fingerprint density at radius 1 is 1.11 bits per heavy atom. The molecule has 3 heterocycles. The van der Waals surface area contributed by atoms with Crippen LogP contribution in [0.25, 0.3) is 28.2 Å². The predicted octanol–water partition coefficient (Wildman–Crippen LogP) is 5.64. The molecule has 4 aromatic rings. The van der Waals surface area contributed by atoms with E-state index in [1.807, 2.05) is 76.2 Å². The molecule has 1 N–H and O–H groups in total. The van der Waals surface area contributed by atoms with Crippen molar-refractivity contribution in [2.45, 2.75) is 52.2 Å². The van der Waals surface area contributed by atoms with E-state index in [2.05, 4.69) is 6.07 Å². The lowest BCUT2D eigenvalue weighted by Gasteiger charge is -2.28. The topological polar surface area (TPSA) is 86.0 Å². The number of benzene rings is 2. The fraction of sp³-hybridized carbons (Fsp3) is 0.321. The van der Waals surface area contributed by atoms with Crippen LogP contribution in [0.1, 0.15) is 50.1 Å². The van der Waals surface area contributed by atoms with Crippen molar-refractivity contribution in [3.05, 3.63) is 71.4 Å². The second-order valence-electron chi connectivity index (χ2n) is 9.85. The number of hydrogen-bond donors (Lipinski definition) is 1. The molecule has 35 heavy (non-hydrogen) atoms. The molecule has 7 nitrogen and oxygen atoms in total. The molecule has 0 aliphatic carbocycles. The highest BCUT2D eigenvalue weighted by Crippen LogP contribution is 2.38. The van der Waals surface area contributed by atoms with Crippen molar-refractivity contribution < 1.29 is 19.4 Å². The van der Waals surface area contributed by atoms with Crippen LogP contribution in [-0.2, 0) is 16.0 Å². The maximum Gasteiger partial charge on any atom is 0.337 e. The molecule has 2 aromatic heterocycles. The molecule has 2 aromatic carbocycles. The van der Waals surface area contributed by atoms with Crippen LogP contribution in [0, 0.1) is 6.92 Å². The van der Waals surface area contributed by atoms with Crippen LogP contribution < -0.4 is 4.74 Å². The first kappa shape index (κ1) is 23.1. The first-order valence-electron chi connectivity index (χ1n) is 11.8. The predicted molar refractivity (Wildman–Crippen MR) is 134 cm³/mol. The van der Waals surface area contributed by atoms with Gasteiger partial charge in [-0.1, -0.05) is 30.3 Å². The van der Waals surface area contributed by atoms with E-state index in [-0.39, 0.29) is 0 Å². The van der Waals surface area contributed by atoms with Crippen LogP contribution in [0.5, 0.6) is 5.75 Å². The first-order valence-corrected chi connectivity index (χ1v) is 11.8. The Kier molecular flexibility index (Phi) is 5.81. The largest absolute Gasteiger partial charge is 0.493 e. The minimum Gasteiger partial charge on any atom is -0.493 e. The summed E-state index contributed by atoms with van der Waals surface area (Å²) in [5.74, 6) is -0.197. The Hall–Kier alpha value is -3.71. The Labute approximate surface area is 204 Å². The summed E-state index contributed by atoms with van der Waals surface area (Å²) in [6.07, 6.45) is 0.637. The Bertz CT molecular complexity index is 1400. The van der Waals surface area contributed by atoms with Gasteiger partial charge in [-0.15, -0.1) is 0 Å². The van der Waals surface area contributed by atoms with Crippen LogP contribution >= 0.6 is 0 Å². The third-order valence-electron chi connectivity index (χ3n) is 6.04. The summed E-state index contributed by atoms with van der Waals surface area (Å²) in [5.41, 5.74) is 5.41. The highest BCUT2D eigenvalue weighted by Gasteiger charge is 2.33. The van der Waals surface area contributed by atoms with Gasteiger partial charge < -0.3 is 14.6 Å². The quantitative estimate of drug-likeness (QED) is 0.406. The third kappa shape index (κ3) is 4.51. The number of aryl methyl sites for hydroxylation is 2. The van der Waals surface area contributed by atoms with E-state index < -0.39 is 17.7 Å². The highest BCUT2D eigenvalue weighted by atomic mass is 16.5. The van der Waals surface area contributed by atoms with E-state index in [1.165, 1.54) is 0 Å². The molecule has 5 rings (SSSR count). The van der Waals surface area contributed by atoms with E-state index in [1.54, 1.807) is 4.52 Å². The van der Waals surface area contributed by atoms with Gasteiger partial charge in [-0.25, -0.2) is 14.3 Å². The number of hydrogen-bond acceptors (Lipinski definition) is 5. The zero-order valence-corrected chi connectivity index (χ0v) is 20.4. The fourth-order valence-electron chi connectivity index (χ4n) is 4.57. The summed E-state index contributed by atoms with van der Waals surface area (Å²) in [5, 5.41) is 15.1. The zero-order valence-electron chi connectivity index (χ0n) is 20.4. The van der Waals surface area contributed by atoms with Crippen molar-refractivity contribution in [1.29, 1.82) is 0 Å². The van der Waals surface area contributed by atoms with Crippen LogP contribution in [0.3, 0.4) is 0 Å². The van der Waals surface area contributed by atoms with Gasteiger partial charge in [0.05, 0.1) is 23.6 Å². The summed E-state index contributed by atoms with van der Waals surface area (Å²) in [6, 6.07) is 17.8. The number of rotatable bonds is 5. The minimum absolute atomic E-state index is 0.499. The highest BCUT2D eigenvalue weighted by molar-refractivity contribution is 5.81. The van der Waals surface area contributed by atoms with Crippen LogP contribution in [0.2, 0.25) is 0 Å². The van der Waals surface area contributed by atoms with Crippen molar-refractivity contribution in [2.24, 2.45) is 0 Å². The van der Waals surface area contributed by atoms with E-state index in [0.29, 0.717) is 29.2 Å². The van der Waals surface area contributed by atoms with Crippen molar-refractivity contribution >= 4 is 11.6 Å². The molecular formula is C28H29N3O4. The lowest BCUT2D eigenvalue weighted by Crippen LogP contribution is -2.29. The molecule has 0 saturated carbocycles. The van der Waals surface area contributed by atoms with Gasteiger partial charge in [0, 0.05) is 28.5 Å². The monoisotopic (exact) mass is 471 g/mol. The Balaban J connectivity index is 1.80. The normalized spacial score (nSPS) is 14.4. The number of ether oxygens (including phenoxy) is 2. The smallest absolute Gasteiger partial charge is 0.337 e. The van der Waals surface area contributed by atoms with E-state index in [9.17, 15) is 9.90 Å². The standard InChI is InChI=1S/C28H29N3O4/c1-17-24(26(27(32)33)35-28(2,3)4)25(20-12-13-22-19(15-20)11-8-14-34-22)31-23(29-17)16-21(30-31)18-9-6-5-7-10-18/h5-7,9-10,12-13,15-16,26H,8,11,14H2,1-4H3,(H,32,33). The van der Waals surface area contributed by atoms with Crippen LogP contribution in [-0.4, -0.2) is 37.9 Å². The number of carboxylic acids is 1. The second kappa shape index (κ2) is 8.82. The number of aliphatic carboxylic acids is 1. The minimum atomic E-state index is -1.21. The SMILES string of the molecule is Cc1nc2cc(-c3ccccc3)nn2c(-c2ccc3c(c2)CCCO3)c1C(OC(C)(C)C)C(=O)O. The number of carboxylic acid groups (broad SMARTS) is 1. The molecule has 1 unspecified atom stereocenters. The molecule has 0 radical (unpaired) electrons. The summed E-state index contributed by atoms with van der Waals surface area (Å²) in [6.45, 7) is 8.08. The number of fused-ring (bicyclic) bond motifs is 2.